The molecule has 16 heavy (non-hydrogen) atoms. The van der Waals surface area contributed by atoms with Gasteiger partial charge in [-0.25, -0.2) is 0 Å². The summed E-state index contributed by atoms with van der Waals surface area (Å²) in [6.45, 7) is 1.71. The molecule has 0 saturated heterocycles. The molecule has 1 rings (SSSR count). The molecule has 0 aliphatic rings. The van der Waals surface area contributed by atoms with E-state index in [1.807, 2.05) is 0 Å². The second-order valence-corrected chi connectivity index (χ2v) is 3.40. The lowest BCUT2D eigenvalue weighted by Gasteiger charge is -2.08. The molecule has 2 nitrogen and oxygen atoms in total. The highest BCUT2D eigenvalue weighted by atomic mass is 19.4. The molecule has 0 atom stereocenters. The predicted molar refractivity (Wildman–Crippen MR) is 52.5 cm³/mol. The number of benzene rings is 1. The standard InChI is InChI=1S/C11H11F3O2/c1-7-5-8(3-4-9(7)16-2)6-10(15)11(12,13)14/h3-5H,6H2,1-2H3. The summed E-state index contributed by atoms with van der Waals surface area (Å²) in [4.78, 5) is 10.7. The van der Waals surface area contributed by atoms with E-state index < -0.39 is 18.4 Å². The number of alkyl halides is 3. The minimum atomic E-state index is -4.77. The van der Waals surface area contributed by atoms with E-state index in [4.69, 9.17) is 4.74 Å². The molecule has 5 heteroatoms. The van der Waals surface area contributed by atoms with Crippen LogP contribution in [0.2, 0.25) is 0 Å². The van der Waals surface area contributed by atoms with Crippen molar-refractivity contribution in [2.24, 2.45) is 0 Å². The lowest BCUT2D eigenvalue weighted by molar-refractivity contribution is -0.170. The van der Waals surface area contributed by atoms with E-state index in [1.54, 1.807) is 13.0 Å². The molecule has 0 heterocycles. The molecule has 0 radical (unpaired) electrons. The van der Waals surface area contributed by atoms with E-state index in [-0.39, 0.29) is 0 Å². The molecule has 0 aliphatic carbocycles. The highest BCUT2D eigenvalue weighted by Crippen LogP contribution is 2.22. The van der Waals surface area contributed by atoms with E-state index in [1.165, 1.54) is 19.2 Å². The van der Waals surface area contributed by atoms with Gasteiger partial charge in [-0.2, -0.15) is 13.2 Å². The predicted octanol–water partition coefficient (Wildman–Crippen LogP) is 2.68. The van der Waals surface area contributed by atoms with Crippen LogP contribution in [0.1, 0.15) is 11.1 Å². The van der Waals surface area contributed by atoms with Crippen LogP contribution < -0.4 is 4.74 Å². The van der Waals surface area contributed by atoms with Gasteiger partial charge < -0.3 is 4.74 Å². The topological polar surface area (TPSA) is 26.3 Å². The molecule has 0 bridgehead atoms. The first-order valence-corrected chi connectivity index (χ1v) is 4.58. The molecule has 0 spiro atoms. The monoisotopic (exact) mass is 232 g/mol. The first kappa shape index (κ1) is 12.5. The third kappa shape index (κ3) is 2.98. The number of hydrogen-bond donors (Lipinski definition) is 0. The summed E-state index contributed by atoms with van der Waals surface area (Å²) < 4.78 is 41.0. The van der Waals surface area contributed by atoms with E-state index >= 15 is 0 Å². The van der Waals surface area contributed by atoms with Crippen molar-refractivity contribution in [3.63, 3.8) is 0 Å². The number of Topliss-reactive ketones (excluding diaryl/α,β-unsaturated/α-hetero) is 1. The van der Waals surface area contributed by atoms with Gasteiger partial charge in [0.05, 0.1) is 7.11 Å². The van der Waals surface area contributed by atoms with Crippen molar-refractivity contribution in [2.75, 3.05) is 7.11 Å². The molecule has 0 aliphatic heterocycles. The second-order valence-electron chi connectivity index (χ2n) is 3.40. The van der Waals surface area contributed by atoms with Crippen molar-refractivity contribution in [2.45, 2.75) is 19.5 Å². The van der Waals surface area contributed by atoms with Gasteiger partial charge in [0.1, 0.15) is 5.75 Å². The minimum Gasteiger partial charge on any atom is -0.496 e. The highest BCUT2D eigenvalue weighted by Gasteiger charge is 2.37. The summed E-state index contributed by atoms with van der Waals surface area (Å²) in [5.74, 6) is -1.15. The number of rotatable bonds is 3. The zero-order valence-electron chi connectivity index (χ0n) is 8.89. The molecule has 0 saturated carbocycles. The van der Waals surface area contributed by atoms with Crippen LogP contribution in [0.5, 0.6) is 5.75 Å². The minimum absolute atomic E-state index is 0.334. The molecule has 0 unspecified atom stereocenters. The van der Waals surface area contributed by atoms with Crippen molar-refractivity contribution in [1.82, 2.24) is 0 Å². The van der Waals surface area contributed by atoms with Crippen molar-refractivity contribution in [3.8, 4) is 5.75 Å². The molecule has 88 valence electrons. The number of carbonyl (C=O) groups is 1. The maximum Gasteiger partial charge on any atom is 0.450 e. The van der Waals surface area contributed by atoms with Crippen LogP contribution in [-0.4, -0.2) is 19.1 Å². The van der Waals surface area contributed by atoms with E-state index in [9.17, 15) is 18.0 Å². The van der Waals surface area contributed by atoms with Crippen LogP contribution in [-0.2, 0) is 11.2 Å². The van der Waals surface area contributed by atoms with Gasteiger partial charge in [0.25, 0.3) is 0 Å². The smallest absolute Gasteiger partial charge is 0.450 e. The van der Waals surface area contributed by atoms with Crippen LogP contribution in [0.3, 0.4) is 0 Å². The summed E-state index contributed by atoms with van der Waals surface area (Å²) in [5, 5.41) is 0. The molecule has 0 N–H and O–H groups in total. The summed E-state index contributed by atoms with van der Waals surface area (Å²) in [6.07, 6.45) is -5.40. The van der Waals surface area contributed by atoms with Crippen LogP contribution in [0.25, 0.3) is 0 Å². The zero-order valence-corrected chi connectivity index (χ0v) is 8.89. The zero-order chi connectivity index (χ0) is 12.3. The van der Waals surface area contributed by atoms with Crippen molar-refractivity contribution in [1.29, 1.82) is 0 Å². The average Bonchev–Trinajstić information content (AvgIpc) is 2.16. The molecule has 1 aromatic carbocycles. The van der Waals surface area contributed by atoms with Gasteiger partial charge in [-0.3, -0.25) is 4.79 Å². The van der Waals surface area contributed by atoms with Gasteiger partial charge in [-0.15, -0.1) is 0 Å². The average molecular weight is 232 g/mol. The Morgan fingerprint density at radius 3 is 2.44 bits per heavy atom. The molecular formula is C11H11F3O2. The molecule has 1 aromatic rings. The number of ketones is 1. The van der Waals surface area contributed by atoms with Crippen LogP contribution >= 0.6 is 0 Å². The Bertz CT molecular complexity index is 397. The van der Waals surface area contributed by atoms with Gasteiger partial charge in [0.15, 0.2) is 0 Å². The Kier molecular flexibility index (Phi) is 3.57. The van der Waals surface area contributed by atoms with Gasteiger partial charge in [-0.1, -0.05) is 12.1 Å². The van der Waals surface area contributed by atoms with Gasteiger partial charge in [-0.05, 0) is 24.1 Å². The number of carbonyl (C=O) groups excluding carboxylic acids is 1. The molecule has 0 aromatic heterocycles. The van der Waals surface area contributed by atoms with E-state index in [2.05, 4.69) is 0 Å². The normalized spacial score (nSPS) is 11.3. The van der Waals surface area contributed by atoms with Crippen molar-refractivity contribution < 1.29 is 22.7 Å². The number of methoxy groups -OCH3 is 1. The molecule has 0 fully saturated rings. The lowest BCUT2D eigenvalue weighted by atomic mass is 10.1. The maximum atomic E-state index is 12.0. The summed E-state index contributed by atoms with van der Waals surface area (Å²) >= 11 is 0. The van der Waals surface area contributed by atoms with Gasteiger partial charge >= 0.3 is 6.18 Å². The first-order chi connectivity index (χ1) is 7.34. The largest absolute Gasteiger partial charge is 0.496 e. The van der Waals surface area contributed by atoms with Gasteiger partial charge in [0, 0.05) is 6.42 Å². The van der Waals surface area contributed by atoms with Crippen LogP contribution in [0.4, 0.5) is 13.2 Å². The first-order valence-electron chi connectivity index (χ1n) is 4.58. The number of aryl methyl sites for hydroxylation is 1. The van der Waals surface area contributed by atoms with E-state index in [0.29, 0.717) is 16.9 Å². The van der Waals surface area contributed by atoms with Crippen LogP contribution in [0, 0.1) is 6.92 Å². The van der Waals surface area contributed by atoms with Crippen LogP contribution in [0.15, 0.2) is 18.2 Å². The highest BCUT2D eigenvalue weighted by molar-refractivity contribution is 5.86. The fraction of sp³-hybridized carbons (Fsp3) is 0.364. The SMILES string of the molecule is COc1ccc(CC(=O)C(F)(F)F)cc1C. The number of hydrogen-bond acceptors (Lipinski definition) is 2. The fourth-order valence-corrected chi connectivity index (χ4v) is 1.34. The Morgan fingerprint density at radius 1 is 1.38 bits per heavy atom. The second kappa shape index (κ2) is 4.55. The van der Waals surface area contributed by atoms with Gasteiger partial charge in [0.2, 0.25) is 5.78 Å². The number of ether oxygens (including phenoxy) is 1. The maximum absolute atomic E-state index is 12.0. The Labute approximate surface area is 91.0 Å². The summed E-state index contributed by atoms with van der Waals surface area (Å²) in [6, 6.07) is 4.52. The molecule has 0 amide bonds. The Hall–Kier alpha value is -1.52. The molecular weight excluding hydrogens is 221 g/mol. The Morgan fingerprint density at radius 2 is 2.00 bits per heavy atom. The van der Waals surface area contributed by atoms with Crippen molar-refractivity contribution in [3.05, 3.63) is 29.3 Å². The Balaban J connectivity index is 2.84. The summed E-state index contributed by atoms with van der Waals surface area (Å²) in [7, 11) is 1.48. The third-order valence-corrected chi connectivity index (χ3v) is 2.14. The van der Waals surface area contributed by atoms with Crippen molar-refractivity contribution >= 4 is 5.78 Å². The van der Waals surface area contributed by atoms with E-state index in [0.717, 1.165) is 0 Å². The quantitative estimate of drug-likeness (QED) is 0.800. The number of halogens is 3. The lowest BCUT2D eigenvalue weighted by Crippen LogP contribution is -2.24. The fourth-order valence-electron chi connectivity index (χ4n) is 1.34. The summed E-state index contributed by atoms with van der Waals surface area (Å²) in [5.41, 5.74) is 1.04. The third-order valence-electron chi connectivity index (χ3n) is 2.14.